The first-order valence-corrected chi connectivity index (χ1v) is 8.30. The molecule has 0 radical (unpaired) electrons. The summed E-state index contributed by atoms with van der Waals surface area (Å²) >= 11 is 3.24. The molecule has 1 atom stereocenters. The van der Waals surface area contributed by atoms with Gasteiger partial charge in [-0.3, -0.25) is 4.79 Å². The maximum atomic E-state index is 12.8. The molecule has 0 spiro atoms. The molecule has 0 aliphatic heterocycles. The fourth-order valence-corrected chi connectivity index (χ4v) is 2.72. The Morgan fingerprint density at radius 3 is 2.46 bits per heavy atom. The number of nitrogens with one attached hydrogen (secondary N) is 1. The van der Waals surface area contributed by atoms with Gasteiger partial charge in [0.25, 0.3) is 5.91 Å². The molecule has 0 aromatic heterocycles. The summed E-state index contributed by atoms with van der Waals surface area (Å²) in [6, 6.07) is 9.98. The second-order valence-electron chi connectivity index (χ2n) is 5.46. The average molecular weight is 430 g/mol. The fourth-order valence-electron chi connectivity index (χ4n) is 2.32. The van der Waals surface area contributed by atoms with Gasteiger partial charge >= 0.3 is 12.1 Å². The molecule has 0 aliphatic rings. The minimum Gasteiger partial charge on any atom is -0.467 e. The quantitative estimate of drug-likeness (QED) is 0.731. The summed E-state index contributed by atoms with van der Waals surface area (Å²) in [5.41, 5.74) is -0.265. The fraction of sp³-hybridized carbons (Fsp3) is 0.222. The summed E-state index contributed by atoms with van der Waals surface area (Å²) in [6.45, 7) is 0. The Bertz CT molecular complexity index is 808. The van der Waals surface area contributed by atoms with Crippen molar-refractivity contribution in [2.75, 3.05) is 7.11 Å². The van der Waals surface area contributed by atoms with Crippen LogP contribution in [0.15, 0.2) is 53.0 Å². The van der Waals surface area contributed by atoms with Crippen LogP contribution in [0.2, 0.25) is 0 Å². The van der Waals surface area contributed by atoms with E-state index in [2.05, 4.69) is 26.0 Å². The minimum absolute atomic E-state index is 0.129. The number of alkyl halides is 3. The van der Waals surface area contributed by atoms with Gasteiger partial charge in [-0.25, -0.2) is 4.79 Å². The Balaban J connectivity index is 2.20. The van der Waals surface area contributed by atoms with Crippen LogP contribution in [0.4, 0.5) is 13.2 Å². The standard InChI is InChI=1S/C18H15BrF3NO3/c1-26-17(25)15(23-16(24)12-5-3-7-14(19)10-12)9-11-4-2-6-13(8-11)18(20,21)22/h2-8,10,15H,9H2,1H3,(H,23,24)/t15-/m0/s1. The first kappa shape index (κ1) is 20.0. The SMILES string of the molecule is COC(=O)[C@H](Cc1cccc(C(F)(F)F)c1)NC(=O)c1cccc(Br)c1. The van der Waals surface area contributed by atoms with E-state index in [1.165, 1.54) is 12.1 Å². The Morgan fingerprint density at radius 2 is 1.85 bits per heavy atom. The van der Waals surface area contributed by atoms with Crippen molar-refractivity contribution in [3.05, 3.63) is 69.7 Å². The van der Waals surface area contributed by atoms with Gasteiger partial charge in [-0.05, 0) is 29.8 Å². The third-order valence-electron chi connectivity index (χ3n) is 3.57. The van der Waals surface area contributed by atoms with E-state index >= 15 is 0 Å². The zero-order chi connectivity index (χ0) is 19.3. The molecule has 0 saturated heterocycles. The molecule has 0 heterocycles. The Labute approximate surface area is 156 Å². The largest absolute Gasteiger partial charge is 0.467 e. The van der Waals surface area contributed by atoms with Crippen molar-refractivity contribution in [1.29, 1.82) is 0 Å². The van der Waals surface area contributed by atoms with E-state index in [1.54, 1.807) is 24.3 Å². The maximum Gasteiger partial charge on any atom is 0.416 e. The first-order valence-electron chi connectivity index (χ1n) is 7.51. The highest BCUT2D eigenvalue weighted by molar-refractivity contribution is 9.10. The highest BCUT2D eigenvalue weighted by Crippen LogP contribution is 2.29. The lowest BCUT2D eigenvalue weighted by molar-refractivity contribution is -0.142. The molecular weight excluding hydrogens is 415 g/mol. The summed E-state index contributed by atoms with van der Waals surface area (Å²) in [5.74, 6) is -1.28. The number of hydrogen-bond acceptors (Lipinski definition) is 3. The molecule has 0 aliphatic carbocycles. The molecular formula is C18H15BrF3NO3. The number of rotatable bonds is 5. The first-order chi connectivity index (χ1) is 12.2. The van der Waals surface area contributed by atoms with Crippen LogP contribution < -0.4 is 5.32 Å². The second-order valence-corrected chi connectivity index (χ2v) is 6.38. The molecule has 0 bridgehead atoms. The molecule has 0 unspecified atom stereocenters. The predicted molar refractivity (Wildman–Crippen MR) is 92.6 cm³/mol. The third kappa shape index (κ3) is 5.32. The molecule has 0 fully saturated rings. The van der Waals surface area contributed by atoms with Gasteiger partial charge in [0.15, 0.2) is 0 Å². The van der Waals surface area contributed by atoms with Crippen LogP contribution >= 0.6 is 15.9 Å². The third-order valence-corrected chi connectivity index (χ3v) is 4.07. The van der Waals surface area contributed by atoms with E-state index in [-0.39, 0.29) is 12.0 Å². The molecule has 1 N–H and O–H groups in total. The Morgan fingerprint density at radius 1 is 1.15 bits per heavy atom. The van der Waals surface area contributed by atoms with Crippen molar-refractivity contribution >= 4 is 27.8 Å². The number of halogens is 4. The van der Waals surface area contributed by atoms with Crippen molar-refractivity contribution in [3.63, 3.8) is 0 Å². The predicted octanol–water partition coefficient (Wildman–Crippen LogP) is 3.98. The molecule has 2 aromatic carbocycles. The average Bonchev–Trinajstić information content (AvgIpc) is 2.60. The van der Waals surface area contributed by atoms with E-state index in [9.17, 15) is 22.8 Å². The summed E-state index contributed by atoms with van der Waals surface area (Å²) in [4.78, 5) is 24.3. The molecule has 4 nitrogen and oxygen atoms in total. The van der Waals surface area contributed by atoms with E-state index in [0.717, 1.165) is 19.2 Å². The highest BCUT2D eigenvalue weighted by atomic mass is 79.9. The number of carbonyl (C=O) groups is 2. The zero-order valence-corrected chi connectivity index (χ0v) is 15.2. The summed E-state index contributed by atoms with van der Waals surface area (Å²) < 4.78 is 43.8. The number of benzene rings is 2. The van der Waals surface area contributed by atoms with Crippen molar-refractivity contribution in [1.82, 2.24) is 5.32 Å². The minimum atomic E-state index is -4.49. The summed E-state index contributed by atoms with van der Waals surface area (Å²) in [6.07, 6.45) is -4.62. The number of ether oxygens (including phenoxy) is 1. The normalized spacial score (nSPS) is 12.3. The zero-order valence-electron chi connectivity index (χ0n) is 13.6. The number of amides is 1. The molecule has 1 amide bonds. The van der Waals surface area contributed by atoms with E-state index in [4.69, 9.17) is 0 Å². The van der Waals surface area contributed by atoms with Crippen LogP contribution in [-0.4, -0.2) is 25.0 Å². The topological polar surface area (TPSA) is 55.4 Å². The van der Waals surface area contributed by atoms with Gasteiger partial charge in [-0.2, -0.15) is 13.2 Å². The summed E-state index contributed by atoms with van der Waals surface area (Å²) in [5, 5.41) is 2.50. The van der Waals surface area contributed by atoms with Gasteiger partial charge in [-0.1, -0.05) is 40.2 Å². The van der Waals surface area contributed by atoms with Crippen molar-refractivity contribution in [2.45, 2.75) is 18.6 Å². The van der Waals surface area contributed by atoms with Crippen molar-refractivity contribution in [3.8, 4) is 0 Å². The highest BCUT2D eigenvalue weighted by Gasteiger charge is 2.31. The van der Waals surface area contributed by atoms with Crippen LogP contribution in [0.25, 0.3) is 0 Å². The lowest BCUT2D eigenvalue weighted by atomic mass is 10.0. The van der Waals surface area contributed by atoms with Crippen molar-refractivity contribution < 1.29 is 27.5 Å². The second kappa shape index (κ2) is 8.35. The Kier molecular flexibility index (Phi) is 6.42. The van der Waals surface area contributed by atoms with Crippen LogP contribution in [0, 0.1) is 0 Å². The number of methoxy groups -OCH3 is 1. The molecule has 26 heavy (non-hydrogen) atoms. The summed E-state index contributed by atoms with van der Waals surface area (Å²) in [7, 11) is 1.15. The lowest BCUT2D eigenvalue weighted by Gasteiger charge is -2.17. The maximum absolute atomic E-state index is 12.8. The van der Waals surface area contributed by atoms with Crippen LogP contribution in [0.3, 0.4) is 0 Å². The molecule has 0 saturated carbocycles. The molecule has 2 rings (SSSR count). The number of esters is 1. The van der Waals surface area contributed by atoms with Gasteiger partial charge in [0.2, 0.25) is 0 Å². The van der Waals surface area contributed by atoms with E-state index < -0.39 is 29.7 Å². The molecule has 2 aromatic rings. The van der Waals surface area contributed by atoms with E-state index in [0.29, 0.717) is 10.0 Å². The van der Waals surface area contributed by atoms with Crippen LogP contribution in [0.5, 0.6) is 0 Å². The number of hydrogen-bond donors (Lipinski definition) is 1. The van der Waals surface area contributed by atoms with Crippen LogP contribution in [0.1, 0.15) is 21.5 Å². The van der Waals surface area contributed by atoms with Gasteiger partial charge < -0.3 is 10.1 Å². The lowest BCUT2D eigenvalue weighted by Crippen LogP contribution is -2.43. The monoisotopic (exact) mass is 429 g/mol. The van der Waals surface area contributed by atoms with Gasteiger partial charge in [0, 0.05) is 16.5 Å². The van der Waals surface area contributed by atoms with Gasteiger partial charge in [-0.15, -0.1) is 0 Å². The van der Waals surface area contributed by atoms with Crippen molar-refractivity contribution in [2.24, 2.45) is 0 Å². The van der Waals surface area contributed by atoms with Crippen LogP contribution in [-0.2, 0) is 22.1 Å². The molecule has 138 valence electrons. The smallest absolute Gasteiger partial charge is 0.416 e. The Hall–Kier alpha value is -2.35. The van der Waals surface area contributed by atoms with E-state index in [1.807, 2.05) is 0 Å². The van der Waals surface area contributed by atoms with Gasteiger partial charge in [0.05, 0.1) is 12.7 Å². The van der Waals surface area contributed by atoms with Gasteiger partial charge in [0.1, 0.15) is 6.04 Å². The molecule has 8 heteroatoms. The number of carbonyl (C=O) groups excluding carboxylic acids is 2.